The zero-order chi connectivity index (χ0) is 15.1. The van der Waals surface area contributed by atoms with E-state index >= 15 is 0 Å². The van der Waals surface area contributed by atoms with Crippen molar-refractivity contribution in [2.45, 2.75) is 19.2 Å². The minimum atomic E-state index is -0.283. The summed E-state index contributed by atoms with van der Waals surface area (Å²) in [5.74, 6) is 0.689. The fourth-order valence-corrected chi connectivity index (χ4v) is 2.75. The van der Waals surface area contributed by atoms with E-state index in [2.05, 4.69) is 9.97 Å². The smallest absolute Gasteiger partial charge is 0.165 e. The zero-order valence-corrected chi connectivity index (χ0v) is 13.7. The second kappa shape index (κ2) is 5.48. The molecule has 0 fully saturated rings. The molecule has 0 radical (unpaired) electrons. The van der Waals surface area contributed by atoms with Crippen molar-refractivity contribution in [3.63, 3.8) is 0 Å². The summed E-state index contributed by atoms with van der Waals surface area (Å²) in [5.41, 5.74) is 3.13. The molecular formula is C15H12Cl3N3. The lowest BCUT2D eigenvalue weighted by Crippen LogP contribution is -2.03. The number of rotatable bonds is 2. The Kier molecular flexibility index (Phi) is 3.82. The minimum Gasteiger partial charge on any atom is -0.278 e. The Labute approximate surface area is 137 Å². The Bertz CT molecular complexity index is 824. The number of nitrogens with zero attached hydrogens (tertiary/aromatic N) is 3. The van der Waals surface area contributed by atoms with Gasteiger partial charge in [0.2, 0.25) is 0 Å². The van der Waals surface area contributed by atoms with Crippen LogP contribution in [0.3, 0.4) is 0 Å². The molecule has 3 rings (SSSR count). The van der Waals surface area contributed by atoms with E-state index in [1.807, 2.05) is 30.5 Å². The van der Waals surface area contributed by atoms with Crippen LogP contribution in [-0.4, -0.2) is 14.5 Å². The number of pyridine rings is 1. The Morgan fingerprint density at radius 1 is 1.10 bits per heavy atom. The first-order chi connectivity index (χ1) is 9.97. The van der Waals surface area contributed by atoms with Gasteiger partial charge in [0, 0.05) is 10.7 Å². The second-order valence-electron chi connectivity index (χ2n) is 4.81. The molecule has 6 heteroatoms. The summed E-state index contributed by atoms with van der Waals surface area (Å²) in [7, 11) is 0. The molecule has 0 amide bonds. The molecule has 0 aliphatic heterocycles. The predicted octanol–water partition coefficient (Wildman–Crippen LogP) is 5.34. The lowest BCUT2D eigenvalue weighted by atomic mass is 10.3. The minimum absolute atomic E-state index is 0.283. The first-order valence-electron chi connectivity index (χ1n) is 6.43. The van der Waals surface area contributed by atoms with Gasteiger partial charge in [0.15, 0.2) is 5.65 Å². The van der Waals surface area contributed by atoms with Gasteiger partial charge in [0.1, 0.15) is 11.3 Å². The van der Waals surface area contributed by atoms with E-state index in [1.54, 1.807) is 18.2 Å². The average molecular weight is 341 g/mol. The van der Waals surface area contributed by atoms with Gasteiger partial charge in [0.05, 0.1) is 16.1 Å². The van der Waals surface area contributed by atoms with Crippen LogP contribution in [0.2, 0.25) is 10.0 Å². The van der Waals surface area contributed by atoms with Gasteiger partial charge in [-0.1, -0.05) is 23.2 Å². The molecule has 0 saturated carbocycles. The SMILES string of the molecule is Cc1ccc2nc(C(C)Cl)n(-c3cc(Cl)ccc3Cl)c2n1. The number of hydrogen-bond acceptors (Lipinski definition) is 2. The highest BCUT2D eigenvalue weighted by atomic mass is 35.5. The number of aromatic nitrogens is 3. The van der Waals surface area contributed by atoms with Crippen LogP contribution in [0.15, 0.2) is 30.3 Å². The number of fused-ring (bicyclic) bond motifs is 1. The highest BCUT2D eigenvalue weighted by Gasteiger charge is 2.19. The van der Waals surface area contributed by atoms with Crippen molar-refractivity contribution < 1.29 is 0 Å². The summed E-state index contributed by atoms with van der Waals surface area (Å²) in [6.07, 6.45) is 0. The quantitative estimate of drug-likeness (QED) is 0.590. The molecule has 0 spiro atoms. The number of alkyl halides is 1. The van der Waals surface area contributed by atoms with Gasteiger partial charge in [-0.15, -0.1) is 11.6 Å². The van der Waals surface area contributed by atoms with Gasteiger partial charge in [-0.25, -0.2) is 9.97 Å². The topological polar surface area (TPSA) is 30.7 Å². The van der Waals surface area contributed by atoms with Gasteiger partial charge in [-0.05, 0) is 44.2 Å². The van der Waals surface area contributed by atoms with Crippen LogP contribution in [0.4, 0.5) is 0 Å². The third-order valence-electron chi connectivity index (χ3n) is 3.17. The van der Waals surface area contributed by atoms with Gasteiger partial charge in [-0.2, -0.15) is 0 Å². The second-order valence-corrected chi connectivity index (χ2v) is 6.31. The van der Waals surface area contributed by atoms with Crippen LogP contribution in [0, 0.1) is 6.92 Å². The zero-order valence-electron chi connectivity index (χ0n) is 11.4. The van der Waals surface area contributed by atoms with Crippen LogP contribution < -0.4 is 0 Å². The number of benzene rings is 1. The first-order valence-corrected chi connectivity index (χ1v) is 7.62. The van der Waals surface area contributed by atoms with E-state index in [-0.39, 0.29) is 5.38 Å². The van der Waals surface area contributed by atoms with Crippen molar-refractivity contribution in [3.05, 3.63) is 51.9 Å². The van der Waals surface area contributed by atoms with Crippen molar-refractivity contribution in [3.8, 4) is 5.69 Å². The molecule has 2 heterocycles. The van der Waals surface area contributed by atoms with Gasteiger partial charge < -0.3 is 0 Å². The molecule has 1 aromatic carbocycles. The molecule has 3 aromatic rings. The van der Waals surface area contributed by atoms with Crippen LogP contribution >= 0.6 is 34.8 Å². The van der Waals surface area contributed by atoms with Gasteiger partial charge >= 0.3 is 0 Å². The van der Waals surface area contributed by atoms with Gasteiger partial charge in [-0.3, -0.25) is 4.57 Å². The van der Waals surface area contributed by atoms with Crippen LogP contribution in [0.5, 0.6) is 0 Å². The summed E-state index contributed by atoms with van der Waals surface area (Å²) in [4.78, 5) is 9.13. The van der Waals surface area contributed by atoms with Crippen LogP contribution in [0.25, 0.3) is 16.9 Å². The van der Waals surface area contributed by atoms with E-state index in [9.17, 15) is 0 Å². The summed E-state index contributed by atoms with van der Waals surface area (Å²) in [5, 5.41) is 0.882. The summed E-state index contributed by atoms with van der Waals surface area (Å²) in [6.45, 7) is 3.80. The van der Waals surface area contributed by atoms with Crippen molar-refractivity contribution in [2.24, 2.45) is 0 Å². The lowest BCUT2D eigenvalue weighted by molar-refractivity contribution is 0.876. The number of hydrogen-bond donors (Lipinski definition) is 0. The molecule has 21 heavy (non-hydrogen) atoms. The van der Waals surface area contributed by atoms with Crippen molar-refractivity contribution >= 4 is 46.0 Å². The standard InChI is InChI=1S/C15H12Cl3N3/c1-8-3-6-12-15(19-8)21(14(20-12)9(2)16)13-7-10(17)4-5-11(13)18/h3-7,9H,1-2H3. The normalized spacial score (nSPS) is 12.8. The van der Waals surface area contributed by atoms with E-state index < -0.39 is 0 Å². The molecule has 0 N–H and O–H groups in total. The Balaban J connectivity index is 2.41. The fourth-order valence-electron chi connectivity index (χ4n) is 2.23. The van der Waals surface area contributed by atoms with Crippen LogP contribution in [0.1, 0.15) is 23.8 Å². The maximum Gasteiger partial charge on any atom is 0.165 e. The summed E-state index contributed by atoms with van der Waals surface area (Å²) in [6, 6.07) is 9.13. The number of aryl methyl sites for hydroxylation is 1. The summed E-state index contributed by atoms with van der Waals surface area (Å²) < 4.78 is 1.87. The molecule has 2 aromatic heterocycles. The third-order valence-corrected chi connectivity index (χ3v) is 3.92. The first kappa shape index (κ1) is 14.6. The highest BCUT2D eigenvalue weighted by Crippen LogP contribution is 2.32. The van der Waals surface area contributed by atoms with Gasteiger partial charge in [0.25, 0.3) is 0 Å². The number of halogens is 3. The van der Waals surface area contributed by atoms with Crippen molar-refractivity contribution in [2.75, 3.05) is 0 Å². The molecule has 0 aliphatic rings. The Hall–Kier alpha value is -1.29. The molecule has 0 aliphatic carbocycles. The molecular weight excluding hydrogens is 329 g/mol. The largest absolute Gasteiger partial charge is 0.278 e. The third kappa shape index (κ3) is 2.61. The monoisotopic (exact) mass is 339 g/mol. The Morgan fingerprint density at radius 3 is 2.57 bits per heavy atom. The van der Waals surface area contributed by atoms with E-state index in [0.29, 0.717) is 15.9 Å². The lowest BCUT2D eigenvalue weighted by Gasteiger charge is -2.12. The van der Waals surface area contributed by atoms with E-state index in [0.717, 1.165) is 22.5 Å². The van der Waals surface area contributed by atoms with E-state index in [1.165, 1.54) is 0 Å². The molecule has 0 saturated heterocycles. The average Bonchev–Trinajstić information content (AvgIpc) is 2.80. The molecule has 3 nitrogen and oxygen atoms in total. The highest BCUT2D eigenvalue weighted by molar-refractivity contribution is 6.34. The van der Waals surface area contributed by atoms with E-state index in [4.69, 9.17) is 34.8 Å². The molecule has 1 unspecified atom stereocenters. The van der Waals surface area contributed by atoms with Crippen molar-refractivity contribution in [1.82, 2.24) is 14.5 Å². The maximum absolute atomic E-state index is 6.33. The predicted molar refractivity (Wildman–Crippen MR) is 87.9 cm³/mol. The molecule has 108 valence electrons. The van der Waals surface area contributed by atoms with Crippen molar-refractivity contribution in [1.29, 1.82) is 0 Å². The molecule has 0 bridgehead atoms. The fraction of sp³-hybridized carbons (Fsp3) is 0.200. The Morgan fingerprint density at radius 2 is 1.86 bits per heavy atom. The van der Waals surface area contributed by atoms with Crippen LogP contribution in [-0.2, 0) is 0 Å². The number of imidazole rings is 1. The summed E-state index contributed by atoms with van der Waals surface area (Å²) >= 11 is 18.7. The maximum atomic E-state index is 6.33. The molecule has 1 atom stereocenters.